The summed E-state index contributed by atoms with van der Waals surface area (Å²) in [5, 5.41) is 0. The molecule has 0 aromatic heterocycles. The van der Waals surface area contributed by atoms with Crippen molar-refractivity contribution in [1.82, 2.24) is 0 Å². The van der Waals surface area contributed by atoms with E-state index in [4.69, 9.17) is 10.5 Å². The summed E-state index contributed by atoms with van der Waals surface area (Å²) in [6.07, 6.45) is 2.80. The lowest BCUT2D eigenvalue weighted by molar-refractivity contribution is -0.141. The second-order valence-corrected chi connectivity index (χ2v) is 6.11. The summed E-state index contributed by atoms with van der Waals surface area (Å²) in [6.45, 7) is 2.01. The van der Waals surface area contributed by atoms with Crippen LogP contribution in [0.1, 0.15) is 24.8 Å². The highest BCUT2D eigenvalue weighted by molar-refractivity contribution is 7.99. The van der Waals surface area contributed by atoms with Crippen molar-refractivity contribution in [3.05, 3.63) is 23.8 Å². The van der Waals surface area contributed by atoms with E-state index in [1.165, 1.54) is 12.0 Å². The van der Waals surface area contributed by atoms with Gasteiger partial charge in [0.1, 0.15) is 0 Å². The van der Waals surface area contributed by atoms with E-state index in [2.05, 4.69) is 6.07 Å². The molecule has 0 amide bonds. The fraction of sp³-hybridized carbons (Fsp3) is 0.500. The van der Waals surface area contributed by atoms with Crippen molar-refractivity contribution in [2.24, 2.45) is 5.41 Å². The number of carbonyl (C=O) groups excluding carboxylic acids is 1. The minimum Gasteiger partial charge on any atom is -0.469 e. The van der Waals surface area contributed by atoms with Crippen molar-refractivity contribution < 1.29 is 9.53 Å². The maximum atomic E-state index is 11.3. The van der Waals surface area contributed by atoms with Gasteiger partial charge in [0.2, 0.25) is 0 Å². The zero-order valence-corrected chi connectivity index (χ0v) is 11.7. The molecule has 0 aliphatic heterocycles. The molecule has 0 unspecified atom stereocenters. The van der Waals surface area contributed by atoms with E-state index in [0.717, 1.165) is 29.8 Å². The topological polar surface area (TPSA) is 52.3 Å². The van der Waals surface area contributed by atoms with Crippen molar-refractivity contribution in [2.45, 2.75) is 31.1 Å². The van der Waals surface area contributed by atoms with E-state index < -0.39 is 0 Å². The normalized spacial score (nSPS) is 16.3. The summed E-state index contributed by atoms with van der Waals surface area (Å²) >= 11 is 1.80. The number of thioether (sulfide) groups is 1. The maximum Gasteiger partial charge on any atom is 0.306 e. The minimum atomic E-state index is -0.0958. The van der Waals surface area contributed by atoms with E-state index in [1.54, 1.807) is 11.8 Å². The van der Waals surface area contributed by atoms with Crippen LogP contribution >= 0.6 is 11.8 Å². The second kappa shape index (κ2) is 5.22. The molecule has 0 radical (unpaired) electrons. The molecule has 1 aliphatic carbocycles. The van der Waals surface area contributed by atoms with Gasteiger partial charge in [-0.25, -0.2) is 0 Å². The number of ether oxygens (including phenoxy) is 1. The predicted octanol–water partition coefficient (Wildman–Crippen LogP) is 3.01. The Hall–Kier alpha value is -1.16. The third-order valence-electron chi connectivity index (χ3n) is 3.49. The van der Waals surface area contributed by atoms with Crippen LogP contribution in [-0.4, -0.2) is 18.8 Å². The van der Waals surface area contributed by atoms with Gasteiger partial charge in [-0.2, -0.15) is 0 Å². The quantitative estimate of drug-likeness (QED) is 0.505. The molecule has 98 valence electrons. The van der Waals surface area contributed by atoms with E-state index in [1.807, 2.05) is 19.1 Å². The number of hydrogen-bond acceptors (Lipinski definition) is 4. The second-order valence-electron chi connectivity index (χ2n) is 5.06. The smallest absolute Gasteiger partial charge is 0.306 e. The largest absolute Gasteiger partial charge is 0.469 e. The number of anilines is 1. The Kier molecular flexibility index (Phi) is 3.85. The highest BCUT2D eigenvalue weighted by atomic mass is 32.2. The Morgan fingerprint density at radius 3 is 2.78 bits per heavy atom. The molecule has 18 heavy (non-hydrogen) atoms. The van der Waals surface area contributed by atoms with E-state index >= 15 is 0 Å². The molecular formula is C14H19NO2S. The van der Waals surface area contributed by atoms with Crippen LogP contribution in [0.2, 0.25) is 0 Å². The van der Waals surface area contributed by atoms with Gasteiger partial charge >= 0.3 is 5.97 Å². The highest BCUT2D eigenvalue weighted by Gasteiger charge is 2.44. The van der Waals surface area contributed by atoms with Gasteiger partial charge < -0.3 is 10.5 Å². The van der Waals surface area contributed by atoms with Gasteiger partial charge in [-0.15, -0.1) is 11.8 Å². The fourth-order valence-electron chi connectivity index (χ4n) is 1.90. The first-order chi connectivity index (χ1) is 8.54. The van der Waals surface area contributed by atoms with Crippen molar-refractivity contribution in [3.63, 3.8) is 0 Å². The molecule has 2 rings (SSSR count). The Morgan fingerprint density at radius 2 is 2.22 bits per heavy atom. The molecule has 1 saturated carbocycles. The van der Waals surface area contributed by atoms with Gasteiger partial charge in [0.05, 0.1) is 13.5 Å². The summed E-state index contributed by atoms with van der Waals surface area (Å²) in [6, 6.07) is 6.09. The first-order valence-corrected chi connectivity index (χ1v) is 7.09. The van der Waals surface area contributed by atoms with Crippen molar-refractivity contribution in [3.8, 4) is 0 Å². The fourth-order valence-corrected chi connectivity index (χ4v) is 3.19. The summed E-state index contributed by atoms with van der Waals surface area (Å²) in [5.41, 5.74) is 7.91. The lowest BCUT2D eigenvalue weighted by Gasteiger charge is -2.13. The number of esters is 1. The number of aryl methyl sites for hydroxylation is 1. The molecule has 0 atom stereocenters. The van der Waals surface area contributed by atoms with Crippen LogP contribution in [0.3, 0.4) is 0 Å². The van der Waals surface area contributed by atoms with Gasteiger partial charge in [0.25, 0.3) is 0 Å². The van der Waals surface area contributed by atoms with Crippen LogP contribution in [0.4, 0.5) is 5.69 Å². The van der Waals surface area contributed by atoms with E-state index in [9.17, 15) is 4.79 Å². The molecule has 1 fully saturated rings. The van der Waals surface area contributed by atoms with Crippen molar-refractivity contribution >= 4 is 23.4 Å². The molecule has 2 N–H and O–H groups in total. The Bertz CT molecular complexity index is 455. The molecule has 3 nitrogen and oxygen atoms in total. The summed E-state index contributed by atoms with van der Waals surface area (Å²) in [7, 11) is 1.45. The molecule has 0 heterocycles. The maximum absolute atomic E-state index is 11.3. The zero-order valence-electron chi connectivity index (χ0n) is 10.9. The average molecular weight is 265 g/mol. The van der Waals surface area contributed by atoms with Crippen LogP contribution in [0.25, 0.3) is 0 Å². The third kappa shape index (κ3) is 3.19. The zero-order chi connectivity index (χ0) is 13.2. The monoisotopic (exact) mass is 265 g/mol. The van der Waals surface area contributed by atoms with Gasteiger partial charge in [0, 0.05) is 16.3 Å². The molecule has 1 aromatic carbocycles. The molecule has 1 aromatic rings. The van der Waals surface area contributed by atoms with Crippen LogP contribution in [0, 0.1) is 12.3 Å². The number of hydrogen-bond donors (Lipinski definition) is 1. The summed E-state index contributed by atoms with van der Waals surface area (Å²) < 4.78 is 4.75. The first-order valence-electron chi connectivity index (χ1n) is 6.10. The van der Waals surface area contributed by atoms with Crippen LogP contribution in [0.15, 0.2) is 23.1 Å². The van der Waals surface area contributed by atoms with Gasteiger partial charge in [0.15, 0.2) is 0 Å². The van der Waals surface area contributed by atoms with Crippen LogP contribution < -0.4 is 5.73 Å². The van der Waals surface area contributed by atoms with Crippen LogP contribution in [0.5, 0.6) is 0 Å². The standard InChI is InChI=1S/C14H19NO2S/c1-10-7-11(3-4-12(10)15)18-9-14(5-6-14)8-13(16)17-2/h3-4,7H,5-6,8-9,15H2,1-2H3. The Labute approximate surface area is 112 Å². The van der Waals surface area contributed by atoms with Crippen LogP contribution in [-0.2, 0) is 9.53 Å². The molecule has 1 aliphatic rings. The molecular weight excluding hydrogens is 246 g/mol. The van der Waals surface area contributed by atoms with E-state index in [0.29, 0.717) is 6.42 Å². The first kappa shape index (κ1) is 13.3. The Morgan fingerprint density at radius 1 is 1.50 bits per heavy atom. The third-order valence-corrected chi connectivity index (χ3v) is 4.83. The number of nitrogen functional groups attached to an aromatic ring is 1. The lowest BCUT2D eigenvalue weighted by atomic mass is 10.1. The molecule has 0 bridgehead atoms. The number of methoxy groups -OCH3 is 1. The summed E-state index contributed by atoms with van der Waals surface area (Å²) in [5.74, 6) is 0.882. The van der Waals surface area contributed by atoms with Crippen molar-refractivity contribution in [1.29, 1.82) is 0 Å². The molecule has 4 heteroatoms. The number of carbonyl (C=O) groups is 1. The van der Waals surface area contributed by atoms with E-state index in [-0.39, 0.29) is 11.4 Å². The highest BCUT2D eigenvalue weighted by Crippen LogP contribution is 2.52. The summed E-state index contributed by atoms with van der Waals surface area (Å²) in [4.78, 5) is 12.5. The number of rotatable bonds is 5. The molecule has 0 spiro atoms. The van der Waals surface area contributed by atoms with Gasteiger partial charge in [-0.1, -0.05) is 0 Å². The number of benzene rings is 1. The minimum absolute atomic E-state index is 0.0958. The van der Waals surface area contributed by atoms with Gasteiger partial charge in [-0.05, 0) is 48.9 Å². The lowest BCUT2D eigenvalue weighted by Crippen LogP contribution is -2.12. The predicted molar refractivity (Wildman–Crippen MR) is 74.6 cm³/mol. The van der Waals surface area contributed by atoms with Crippen molar-refractivity contribution in [2.75, 3.05) is 18.6 Å². The van der Waals surface area contributed by atoms with Gasteiger partial charge in [-0.3, -0.25) is 4.79 Å². The Balaban J connectivity index is 1.91. The number of nitrogens with two attached hydrogens (primary N) is 1. The SMILES string of the molecule is COC(=O)CC1(CSc2ccc(N)c(C)c2)CC1. The molecule has 0 saturated heterocycles. The average Bonchev–Trinajstić information content (AvgIpc) is 3.11.